The maximum absolute atomic E-state index is 12.3. The van der Waals surface area contributed by atoms with Gasteiger partial charge in [0.1, 0.15) is 17.1 Å². The minimum Gasteiger partial charge on any atom is -0.497 e. The number of hydrogen-bond acceptors (Lipinski definition) is 4. The summed E-state index contributed by atoms with van der Waals surface area (Å²) in [4.78, 5) is 15.4. The van der Waals surface area contributed by atoms with Crippen LogP contribution in [0, 0.1) is 0 Å². The van der Waals surface area contributed by atoms with Crippen LogP contribution in [0.1, 0.15) is 16.2 Å². The van der Waals surface area contributed by atoms with E-state index in [1.54, 1.807) is 7.11 Å². The largest absolute Gasteiger partial charge is 0.497 e. The Kier molecular flexibility index (Phi) is 4.15. The lowest BCUT2D eigenvalue weighted by molar-refractivity contribution is 0.0946. The molecule has 4 rings (SSSR count). The third-order valence-corrected chi connectivity index (χ3v) is 4.14. The third-order valence-electron chi connectivity index (χ3n) is 4.14. The molecule has 6 heteroatoms. The molecule has 2 aromatic carbocycles. The standard InChI is InChI=1S/C20H17N3O3/c1-25-16-8-6-13(7-9-16)19-11-15(23-26-19)12-21-20(24)18-10-14-4-2-3-5-17(14)22-18/h2-11,22H,12H2,1H3,(H,21,24). The summed E-state index contributed by atoms with van der Waals surface area (Å²) >= 11 is 0. The number of rotatable bonds is 5. The normalized spacial score (nSPS) is 10.8. The van der Waals surface area contributed by atoms with Gasteiger partial charge in [0.25, 0.3) is 5.91 Å². The molecule has 0 spiro atoms. The molecule has 0 unspecified atom stereocenters. The van der Waals surface area contributed by atoms with E-state index in [2.05, 4.69) is 15.5 Å². The highest BCUT2D eigenvalue weighted by Crippen LogP contribution is 2.23. The van der Waals surface area contributed by atoms with Crippen molar-refractivity contribution in [3.05, 3.63) is 72.1 Å². The van der Waals surface area contributed by atoms with E-state index in [-0.39, 0.29) is 12.5 Å². The molecule has 0 bridgehead atoms. The molecule has 2 aromatic heterocycles. The summed E-state index contributed by atoms with van der Waals surface area (Å²) in [5, 5.41) is 7.86. The van der Waals surface area contributed by atoms with Crippen LogP contribution in [0.15, 0.2) is 65.2 Å². The Bertz CT molecular complexity index is 1010. The average molecular weight is 347 g/mol. The highest BCUT2D eigenvalue weighted by molar-refractivity contribution is 5.97. The van der Waals surface area contributed by atoms with Crippen molar-refractivity contribution in [2.45, 2.75) is 6.54 Å². The van der Waals surface area contributed by atoms with Gasteiger partial charge in [-0.3, -0.25) is 4.79 Å². The van der Waals surface area contributed by atoms with Crippen LogP contribution in [-0.4, -0.2) is 23.2 Å². The van der Waals surface area contributed by atoms with Gasteiger partial charge in [-0.2, -0.15) is 0 Å². The van der Waals surface area contributed by atoms with E-state index in [0.29, 0.717) is 17.1 Å². The molecule has 6 nitrogen and oxygen atoms in total. The predicted molar refractivity (Wildman–Crippen MR) is 98.0 cm³/mol. The van der Waals surface area contributed by atoms with Crippen LogP contribution in [0.2, 0.25) is 0 Å². The second-order valence-electron chi connectivity index (χ2n) is 5.86. The number of aromatic nitrogens is 2. The number of nitrogens with one attached hydrogen (secondary N) is 2. The van der Waals surface area contributed by atoms with Crippen molar-refractivity contribution in [2.75, 3.05) is 7.11 Å². The quantitative estimate of drug-likeness (QED) is 0.576. The van der Waals surface area contributed by atoms with Crippen LogP contribution in [0.25, 0.3) is 22.2 Å². The van der Waals surface area contributed by atoms with Crippen molar-refractivity contribution in [2.24, 2.45) is 0 Å². The summed E-state index contributed by atoms with van der Waals surface area (Å²) in [5.74, 6) is 1.23. The molecule has 0 radical (unpaired) electrons. The molecule has 130 valence electrons. The SMILES string of the molecule is COc1ccc(-c2cc(CNC(=O)c3cc4ccccc4[nH]3)no2)cc1. The van der Waals surface area contributed by atoms with Crippen molar-refractivity contribution in [3.63, 3.8) is 0 Å². The minimum absolute atomic E-state index is 0.185. The number of hydrogen-bond donors (Lipinski definition) is 2. The molecule has 0 atom stereocenters. The number of H-pyrrole nitrogens is 1. The Balaban J connectivity index is 1.43. The number of ether oxygens (including phenoxy) is 1. The first-order valence-corrected chi connectivity index (χ1v) is 8.19. The Hall–Kier alpha value is -3.54. The number of nitrogens with zero attached hydrogens (tertiary/aromatic N) is 1. The molecule has 2 N–H and O–H groups in total. The molecule has 0 aliphatic rings. The van der Waals surface area contributed by atoms with E-state index in [9.17, 15) is 4.79 Å². The average Bonchev–Trinajstić information content (AvgIpc) is 3.33. The Morgan fingerprint density at radius 2 is 1.96 bits per heavy atom. The van der Waals surface area contributed by atoms with Crippen molar-refractivity contribution < 1.29 is 14.1 Å². The van der Waals surface area contributed by atoms with Gasteiger partial charge in [0.05, 0.1) is 13.7 Å². The molecule has 0 saturated carbocycles. The van der Waals surface area contributed by atoms with Gasteiger partial charge in [-0.05, 0) is 36.4 Å². The van der Waals surface area contributed by atoms with E-state index in [0.717, 1.165) is 22.2 Å². The Morgan fingerprint density at radius 1 is 1.15 bits per heavy atom. The van der Waals surface area contributed by atoms with Gasteiger partial charge in [0, 0.05) is 22.5 Å². The molecule has 26 heavy (non-hydrogen) atoms. The minimum atomic E-state index is -0.185. The molecule has 2 heterocycles. The molecule has 4 aromatic rings. The van der Waals surface area contributed by atoms with Crippen LogP contribution < -0.4 is 10.1 Å². The zero-order chi connectivity index (χ0) is 17.9. The maximum atomic E-state index is 12.3. The Labute approximate surface area is 149 Å². The summed E-state index contributed by atoms with van der Waals surface area (Å²) < 4.78 is 10.5. The smallest absolute Gasteiger partial charge is 0.268 e. The van der Waals surface area contributed by atoms with E-state index in [4.69, 9.17) is 9.26 Å². The first-order chi connectivity index (χ1) is 12.7. The first-order valence-electron chi connectivity index (χ1n) is 8.19. The molecule has 0 aliphatic carbocycles. The summed E-state index contributed by atoms with van der Waals surface area (Å²) in [6.07, 6.45) is 0. The molecular formula is C20H17N3O3. The number of amides is 1. The predicted octanol–water partition coefficient (Wildman–Crippen LogP) is 3.76. The fraction of sp³-hybridized carbons (Fsp3) is 0.100. The van der Waals surface area contributed by atoms with Gasteiger partial charge >= 0.3 is 0 Å². The lowest BCUT2D eigenvalue weighted by Gasteiger charge is -2.00. The van der Waals surface area contributed by atoms with E-state index in [1.807, 2.05) is 60.7 Å². The number of benzene rings is 2. The lowest BCUT2D eigenvalue weighted by atomic mass is 10.1. The molecule has 0 fully saturated rings. The summed E-state index contributed by atoms with van der Waals surface area (Å²) in [7, 11) is 1.62. The fourth-order valence-corrected chi connectivity index (χ4v) is 2.75. The van der Waals surface area contributed by atoms with Crippen molar-refractivity contribution >= 4 is 16.8 Å². The molecule has 0 aliphatic heterocycles. The van der Waals surface area contributed by atoms with E-state index >= 15 is 0 Å². The molecule has 1 amide bonds. The fourth-order valence-electron chi connectivity index (χ4n) is 2.75. The topological polar surface area (TPSA) is 80.1 Å². The van der Waals surface area contributed by atoms with Gasteiger partial charge in [0.2, 0.25) is 0 Å². The van der Waals surface area contributed by atoms with Crippen molar-refractivity contribution in [1.29, 1.82) is 0 Å². The van der Waals surface area contributed by atoms with Crippen molar-refractivity contribution in [1.82, 2.24) is 15.5 Å². The number of para-hydroxylation sites is 1. The van der Waals surface area contributed by atoms with Gasteiger partial charge < -0.3 is 19.6 Å². The highest BCUT2D eigenvalue weighted by atomic mass is 16.5. The number of carbonyl (C=O) groups is 1. The molecule has 0 saturated heterocycles. The zero-order valence-electron chi connectivity index (χ0n) is 14.2. The zero-order valence-corrected chi connectivity index (χ0v) is 14.2. The number of carbonyl (C=O) groups excluding carboxylic acids is 1. The van der Waals surface area contributed by atoms with Gasteiger partial charge in [-0.1, -0.05) is 23.4 Å². The van der Waals surface area contributed by atoms with Gasteiger partial charge in [-0.25, -0.2) is 0 Å². The second-order valence-corrected chi connectivity index (χ2v) is 5.86. The van der Waals surface area contributed by atoms with Crippen LogP contribution >= 0.6 is 0 Å². The summed E-state index contributed by atoms with van der Waals surface area (Å²) in [6.45, 7) is 0.286. The van der Waals surface area contributed by atoms with Gasteiger partial charge in [-0.15, -0.1) is 0 Å². The van der Waals surface area contributed by atoms with E-state index in [1.165, 1.54) is 0 Å². The first kappa shape index (κ1) is 16.0. The number of aromatic amines is 1. The summed E-state index contributed by atoms with van der Waals surface area (Å²) in [6, 6.07) is 18.9. The van der Waals surface area contributed by atoms with Crippen LogP contribution in [0.5, 0.6) is 5.75 Å². The van der Waals surface area contributed by atoms with Crippen LogP contribution in [-0.2, 0) is 6.54 Å². The molecular weight excluding hydrogens is 330 g/mol. The Morgan fingerprint density at radius 3 is 2.73 bits per heavy atom. The van der Waals surface area contributed by atoms with Crippen LogP contribution in [0.4, 0.5) is 0 Å². The van der Waals surface area contributed by atoms with Crippen molar-refractivity contribution in [3.8, 4) is 17.1 Å². The number of methoxy groups -OCH3 is 1. The number of fused-ring (bicyclic) bond motifs is 1. The van der Waals surface area contributed by atoms with E-state index < -0.39 is 0 Å². The monoisotopic (exact) mass is 347 g/mol. The second kappa shape index (κ2) is 6.76. The van der Waals surface area contributed by atoms with Gasteiger partial charge in [0.15, 0.2) is 5.76 Å². The lowest BCUT2D eigenvalue weighted by Crippen LogP contribution is -2.23. The maximum Gasteiger partial charge on any atom is 0.268 e. The summed E-state index contributed by atoms with van der Waals surface area (Å²) in [5.41, 5.74) is 3.00. The highest BCUT2D eigenvalue weighted by Gasteiger charge is 2.11. The van der Waals surface area contributed by atoms with Crippen LogP contribution in [0.3, 0.4) is 0 Å². The third kappa shape index (κ3) is 3.17.